The fourth-order valence-electron chi connectivity index (χ4n) is 3.48. The van der Waals surface area contributed by atoms with Crippen molar-refractivity contribution in [3.63, 3.8) is 0 Å². The van der Waals surface area contributed by atoms with Gasteiger partial charge in [-0.05, 0) is 25.5 Å². The summed E-state index contributed by atoms with van der Waals surface area (Å²) < 4.78 is 50.5. The van der Waals surface area contributed by atoms with E-state index in [4.69, 9.17) is 9.47 Å². The van der Waals surface area contributed by atoms with Gasteiger partial charge in [0.25, 0.3) is 5.88 Å². The normalized spacial score (nSPS) is 20.8. The van der Waals surface area contributed by atoms with Crippen LogP contribution in [0.4, 0.5) is 13.2 Å². The van der Waals surface area contributed by atoms with Gasteiger partial charge in [0.05, 0.1) is 26.3 Å². The first kappa shape index (κ1) is 22.5. The maximum absolute atomic E-state index is 14.3. The lowest BCUT2D eigenvalue weighted by Gasteiger charge is -2.34. The minimum absolute atomic E-state index is 0. The van der Waals surface area contributed by atoms with Crippen molar-refractivity contribution in [2.45, 2.75) is 44.2 Å². The number of amides is 1. The summed E-state index contributed by atoms with van der Waals surface area (Å²) in [7, 11) is 3.03. The zero-order chi connectivity index (χ0) is 19.6. The van der Waals surface area contributed by atoms with E-state index in [1.165, 1.54) is 18.1 Å². The summed E-state index contributed by atoms with van der Waals surface area (Å²) in [5.41, 5.74) is 0.409. The van der Waals surface area contributed by atoms with Crippen LogP contribution in [0, 0.1) is 11.7 Å². The van der Waals surface area contributed by atoms with Gasteiger partial charge >= 0.3 is 0 Å². The fourth-order valence-corrected chi connectivity index (χ4v) is 3.48. The number of rotatable bonds is 7. The minimum Gasteiger partial charge on any atom is -0.481 e. The molecule has 0 radical (unpaired) electrons. The molecule has 2 aliphatic rings. The Morgan fingerprint density at radius 1 is 1.39 bits per heavy atom. The number of hydrogen-bond acceptors (Lipinski definition) is 5. The Labute approximate surface area is 168 Å². The number of carbonyl (C=O) groups is 1. The molecule has 6 nitrogen and oxygen atoms in total. The Balaban J connectivity index is 0.00000280. The topological polar surface area (TPSA) is 63.7 Å². The maximum Gasteiger partial charge on any atom is 0.253 e. The molecular formula is C18H25ClF3N3O3. The minimum atomic E-state index is -2.65. The van der Waals surface area contributed by atoms with Crippen molar-refractivity contribution in [3.8, 4) is 11.8 Å². The second kappa shape index (κ2) is 9.17. The molecule has 1 atom stereocenters. The third-order valence-corrected chi connectivity index (χ3v) is 4.95. The van der Waals surface area contributed by atoms with Crippen LogP contribution in [0.5, 0.6) is 11.8 Å². The van der Waals surface area contributed by atoms with E-state index in [9.17, 15) is 18.0 Å². The van der Waals surface area contributed by atoms with E-state index >= 15 is 0 Å². The first-order valence-corrected chi connectivity index (χ1v) is 9.01. The second-order valence-corrected chi connectivity index (χ2v) is 7.23. The zero-order valence-electron chi connectivity index (χ0n) is 15.8. The number of hydrogen-bond donors (Lipinski definition) is 1. The van der Waals surface area contributed by atoms with E-state index in [1.54, 1.807) is 7.05 Å². The molecule has 1 amide bonds. The average Bonchev–Trinajstić information content (AvgIpc) is 3.13. The standard InChI is InChI=1S/C18H24F3N3O3.ClH/c1-24(17(25)14-4-3-5-22-14)9-12-6-13(19)16(23-15(12)26-2)27-10-11-7-18(20,21)8-11;/h6,11,14,22H,3-5,7-10H2,1-2H3;1H. The predicted octanol–water partition coefficient (Wildman–Crippen LogP) is 2.79. The highest BCUT2D eigenvalue weighted by Gasteiger charge is 2.45. The Hall–Kier alpha value is -1.74. The molecule has 1 aromatic heterocycles. The van der Waals surface area contributed by atoms with Gasteiger partial charge in [-0.1, -0.05) is 0 Å². The highest BCUT2D eigenvalue weighted by molar-refractivity contribution is 5.85. The molecule has 1 aliphatic carbocycles. The Bertz CT molecular complexity index is 694. The van der Waals surface area contributed by atoms with Gasteiger partial charge in [0, 0.05) is 31.4 Å². The van der Waals surface area contributed by atoms with Crippen LogP contribution in [-0.2, 0) is 11.3 Å². The van der Waals surface area contributed by atoms with Crippen molar-refractivity contribution in [1.29, 1.82) is 0 Å². The number of pyridine rings is 1. The smallest absolute Gasteiger partial charge is 0.253 e. The fraction of sp³-hybridized carbons (Fsp3) is 0.667. The number of aromatic nitrogens is 1. The Kier molecular flexibility index (Phi) is 7.39. The molecule has 1 unspecified atom stereocenters. The molecule has 1 aromatic rings. The third-order valence-electron chi connectivity index (χ3n) is 4.95. The van der Waals surface area contributed by atoms with Gasteiger partial charge in [0.2, 0.25) is 17.7 Å². The van der Waals surface area contributed by atoms with Gasteiger partial charge < -0.3 is 19.7 Å². The monoisotopic (exact) mass is 423 g/mol. The van der Waals surface area contributed by atoms with Gasteiger partial charge in [0.1, 0.15) is 0 Å². The lowest BCUT2D eigenvalue weighted by atomic mass is 9.82. The molecular weight excluding hydrogens is 399 g/mol. The van der Waals surface area contributed by atoms with Gasteiger partial charge in [-0.25, -0.2) is 13.2 Å². The molecule has 2 fully saturated rings. The lowest BCUT2D eigenvalue weighted by molar-refractivity contribution is -0.132. The van der Waals surface area contributed by atoms with Crippen LogP contribution in [-0.4, -0.2) is 55.1 Å². The number of carbonyl (C=O) groups excluding carboxylic acids is 1. The Morgan fingerprint density at radius 3 is 2.68 bits per heavy atom. The summed E-state index contributed by atoms with van der Waals surface area (Å²) in [5.74, 6) is -3.87. The SMILES string of the molecule is COc1nc(OCC2CC(F)(F)C2)c(F)cc1CN(C)C(=O)C1CCCN1.Cl. The molecule has 1 saturated heterocycles. The second-order valence-electron chi connectivity index (χ2n) is 7.23. The number of likely N-dealkylation sites (N-methyl/N-ethyl adjacent to an activating group) is 1. The molecule has 1 N–H and O–H groups in total. The average molecular weight is 424 g/mol. The molecule has 0 spiro atoms. The van der Waals surface area contributed by atoms with Crippen molar-refractivity contribution in [1.82, 2.24) is 15.2 Å². The summed E-state index contributed by atoms with van der Waals surface area (Å²) in [6.07, 6.45) is 1.21. The van der Waals surface area contributed by atoms with Gasteiger partial charge in [-0.3, -0.25) is 4.79 Å². The highest BCUT2D eigenvalue weighted by Crippen LogP contribution is 2.42. The molecule has 28 heavy (non-hydrogen) atoms. The first-order valence-electron chi connectivity index (χ1n) is 9.01. The molecule has 1 aliphatic heterocycles. The van der Waals surface area contributed by atoms with Gasteiger partial charge in [0.15, 0.2) is 5.82 Å². The van der Waals surface area contributed by atoms with Crippen molar-refractivity contribution >= 4 is 18.3 Å². The van der Waals surface area contributed by atoms with Crippen molar-refractivity contribution in [2.24, 2.45) is 5.92 Å². The van der Waals surface area contributed by atoms with E-state index < -0.39 is 11.7 Å². The van der Waals surface area contributed by atoms with Crippen LogP contribution in [0.15, 0.2) is 6.07 Å². The van der Waals surface area contributed by atoms with E-state index in [2.05, 4.69) is 10.3 Å². The van der Waals surface area contributed by atoms with Crippen LogP contribution in [0.25, 0.3) is 0 Å². The van der Waals surface area contributed by atoms with Crippen LogP contribution < -0.4 is 14.8 Å². The third kappa shape index (κ3) is 5.20. The summed E-state index contributed by atoms with van der Waals surface area (Å²) in [5, 5.41) is 3.13. The summed E-state index contributed by atoms with van der Waals surface area (Å²) in [6, 6.07) is 0.990. The van der Waals surface area contributed by atoms with Crippen LogP contribution >= 0.6 is 12.4 Å². The molecule has 1 saturated carbocycles. The zero-order valence-corrected chi connectivity index (χ0v) is 16.7. The molecule has 2 heterocycles. The first-order chi connectivity index (χ1) is 12.8. The number of methoxy groups -OCH3 is 1. The lowest BCUT2D eigenvalue weighted by Crippen LogP contribution is -2.41. The maximum atomic E-state index is 14.3. The van der Waals surface area contributed by atoms with Crippen molar-refractivity contribution < 1.29 is 27.4 Å². The van der Waals surface area contributed by atoms with E-state index in [1.807, 2.05) is 0 Å². The predicted molar refractivity (Wildman–Crippen MR) is 98.7 cm³/mol. The summed E-state index contributed by atoms with van der Waals surface area (Å²) in [4.78, 5) is 17.9. The Morgan fingerprint density at radius 2 is 2.11 bits per heavy atom. The van der Waals surface area contributed by atoms with E-state index in [0.29, 0.717) is 5.56 Å². The van der Waals surface area contributed by atoms with E-state index in [-0.39, 0.29) is 68.0 Å². The summed E-state index contributed by atoms with van der Waals surface area (Å²) in [6.45, 7) is 0.926. The van der Waals surface area contributed by atoms with Crippen molar-refractivity contribution in [2.75, 3.05) is 27.3 Å². The van der Waals surface area contributed by atoms with E-state index in [0.717, 1.165) is 19.4 Å². The van der Waals surface area contributed by atoms with Crippen LogP contribution in [0.1, 0.15) is 31.2 Å². The number of nitrogens with zero attached hydrogens (tertiary/aromatic N) is 2. The van der Waals surface area contributed by atoms with Crippen molar-refractivity contribution in [3.05, 3.63) is 17.4 Å². The molecule has 158 valence electrons. The van der Waals surface area contributed by atoms with Crippen LogP contribution in [0.3, 0.4) is 0 Å². The largest absolute Gasteiger partial charge is 0.481 e. The highest BCUT2D eigenvalue weighted by atomic mass is 35.5. The van der Waals surface area contributed by atoms with Gasteiger partial charge in [-0.15, -0.1) is 12.4 Å². The molecule has 0 aromatic carbocycles. The number of ether oxygens (including phenoxy) is 2. The summed E-state index contributed by atoms with van der Waals surface area (Å²) >= 11 is 0. The number of halogens is 4. The molecule has 0 bridgehead atoms. The van der Waals surface area contributed by atoms with Crippen LogP contribution in [0.2, 0.25) is 0 Å². The molecule has 10 heteroatoms. The quantitative estimate of drug-likeness (QED) is 0.730. The number of nitrogens with one attached hydrogen (secondary N) is 1. The molecule has 3 rings (SSSR count). The van der Waals surface area contributed by atoms with Gasteiger partial charge in [-0.2, -0.15) is 4.98 Å². The number of alkyl halides is 2.